The minimum Gasteiger partial charge on any atom is -0.481 e. The van der Waals surface area contributed by atoms with Crippen LogP contribution < -0.4 is 21.3 Å². The zero-order chi connectivity index (χ0) is 28.5. The molecule has 7 N–H and O–H groups in total. The summed E-state index contributed by atoms with van der Waals surface area (Å²) >= 11 is 0. The Morgan fingerprint density at radius 3 is 2.28 bits per heavy atom. The number of H-pyrrole nitrogens is 1. The number of amides is 3. The summed E-state index contributed by atoms with van der Waals surface area (Å²) in [6.07, 6.45) is 3.62. The molecule has 1 fully saturated rings. The lowest BCUT2D eigenvalue weighted by Gasteiger charge is -2.27. The maximum absolute atomic E-state index is 13.5. The van der Waals surface area contributed by atoms with Crippen LogP contribution in [-0.4, -0.2) is 75.6 Å². The van der Waals surface area contributed by atoms with Crippen LogP contribution in [0.5, 0.6) is 0 Å². The number of carboxylic acids is 2. The van der Waals surface area contributed by atoms with Crippen molar-refractivity contribution in [2.45, 2.75) is 76.5 Å². The first-order valence-corrected chi connectivity index (χ1v) is 13.2. The van der Waals surface area contributed by atoms with Gasteiger partial charge in [0, 0.05) is 23.5 Å². The van der Waals surface area contributed by atoms with E-state index in [4.69, 9.17) is 0 Å². The first kappa shape index (κ1) is 29.6. The summed E-state index contributed by atoms with van der Waals surface area (Å²) in [7, 11) is 0. The van der Waals surface area contributed by atoms with Gasteiger partial charge in [-0.2, -0.15) is 0 Å². The summed E-state index contributed by atoms with van der Waals surface area (Å²) in [5.74, 6) is -4.71. The highest BCUT2D eigenvalue weighted by Gasteiger charge is 2.33. The number of hydrogen-bond donors (Lipinski definition) is 7. The van der Waals surface area contributed by atoms with Gasteiger partial charge in [-0.05, 0) is 43.4 Å². The van der Waals surface area contributed by atoms with Crippen molar-refractivity contribution < 1.29 is 34.2 Å². The third kappa shape index (κ3) is 8.54. The lowest BCUT2D eigenvalue weighted by molar-refractivity contribution is -0.144. The molecule has 0 spiro atoms. The van der Waals surface area contributed by atoms with Gasteiger partial charge < -0.3 is 36.5 Å². The Morgan fingerprint density at radius 1 is 0.949 bits per heavy atom. The van der Waals surface area contributed by atoms with E-state index in [0.717, 1.165) is 29.3 Å². The van der Waals surface area contributed by atoms with Gasteiger partial charge in [-0.15, -0.1) is 0 Å². The number of fused-ring (bicyclic) bond motifs is 1. The number of rotatable bonds is 13. The van der Waals surface area contributed by atoms with E-state index < -0.39 is 54.3 Å². The molecular weight excluding hydrogens is 506 g/mol. The molecule has 0 bridgehead atoms. The van der Waals surface area contributed by atoms with Crippen molar-refractivity contribution in [2.75, 3.05) is 6.54 Å². The number of para-hydroxylation sites is 1. The zero-order valence-corrected chi connectivity index (χ0v) is 22.2. The number of piperidine rings is 1. The molecule has 1 aromatic carbocycles. The maximum Gasteiger partial charge on any atom is 0.326 e. The van der Waals surface area contributed by atoms with Gasteiger partial charge in [0.1, 0.15) is 18.1 Å². The molecule has 1 aliphatic heterocycles. The van der Waals surface area contributed by atoms with E-state index in [1.54, 1.807) is 20.0 Å². The molecule has 2 heterocycles. The first-order chi connectivity index (χ1) is 18.5. The van der Waals surface area contributed by atoms with E-state index in [9.17, 15) is 34.2 Å². The number of carbonyl (C=O) groups is 5. The van der Waals surface area contributed by atoms with Crippen molar-refractivity contribution in [1.29, 1.82) is 0 Å². The van der Waals surface area contributed by atoms with Crippen LogP contribution in [0.2, 0.25) is 0 Å². The number of hydrogen-bond acceptors (Lipinski definition) is 6. The Bertz CT molecular complexity index is 1190. The molecule has 0 radical (unpaired) electrons. The summed E-state index contributed by atoms with van der Waals surface area (Å²) in [5.41, 5.74) is 1.60. The van der Waals surface area contributed by atoms with Crippen molar-refractivity contribution in [1.82, 2.24) is 26.3 Å². The van der Waals surface area contributed by atoms with Crippen LogP contribution in [0.1, 0.15) is 51.5 Å². The maximum atomic E-state index is 13.5. The van der Waals surface area contributed by atoms with Gasteiger partial charge in [0.25, 0.3) is 0 Å². The van der Waals surface area contributed by atoms with Crippen molar-refractivity contribution in [3.05, 3.63) is 36.0 Å². The first-order valence-electron chi connectivity index (χ1n) is 13.2. The summed E-state index contributed by atoms with van der Waals surface area (Å²) in [6, 6.07) is 3.09. The molecule has 12 heteroatoms. The van der Waals surface area contributed by atoms with E-state index in [-0.39, 0.29) is 24.7 Å². The third-order valence-corrected chi connectivity index (χ3v) is 6.69. The Morgan fingerprint density at radius 2 is 1.64 bits per heavy atom. The molecule has 2 aromatic rings. The zero-order valence-electron chi connectivity index (χ0n) is 22.2. The van der Waals surface area contributed by atoms with Crippen LogP contribution in [-0.2, 0) is 30.4 Å². The molecule has 3 amide bonds. The Kier molecular flexibility index (Phi) is 10.4. The van der Waals surface area contributed by atoms with Crippen LogP contribution >= 0.6 is 0 Å². The predicted octanol–water partition coefficient (Wildman–Crippen LogP) is 0.912. The smallest absolute Gasteiger partial charge is 0.326 e. The number of aromatic nitrogens is 1. The van der Waals surface area contributed by atoms with Crippen molar-refractivity contribution in [3.8, 4) is 0 Å². The molecule has 1 aliphatic rings. The Hall–Kier alpha value is -3.93. The quantitative estimate of drug-likeness (QED) is 0.194. The van der Waals surface area contributed by atoms with Gasteiger partial charge in [0.2, 0.25) is 17.7 Å². The lowest BCUT2D eigenvalue weighted by atomic mass is 10.0. The van der Waals surface area contributed by atoms with E-state index >= 15 is 0 Å². The third-order valence-electron chi connectivity index (χ3n) is 6.69. The highest BCUT2D eigenvalue weighted by Crippen LogP contribution is 2.19. The van der Waals surface area contributed by atoms with Gasteiger partial charge in [-0.25, -0.2) is 4.79 Å². The molecular formula is C27H37N5O7. The van der Waals surface area contributed by atoms with Crippen molar-refractivity contribution in [2.24, 2.45) is 5.92 Å². The fourth-order valence-corrected chi connectivity index (χ4v) is 4.70. The second-order valence-electron chi connectivity index (χ2n) is 10.3. The fourth-order valence-electron chi connectivity index (χ4n) is 4.70. The molecule has 3 rings (SSSR count). The summed E-state index contributed by atoms with van der Waals surface area (Å²) in [5, 5.41) is 30.4. The number of aromatic amines is 1. The molecule has 1 aromatic heterocycles. The van der Waals surface area contributed by atoms with E-state index in [2.05, 4.69) is 26.3 Å². The van der Waals surface area contributed by atoms with Gasteiger partial charge >= 0.3 is 11.9 Å². The van der Waals surface area contributed by atoms with Crippen LogP contribution in [0.15, 0.2) is 30.5 Å². The summed E-state index contributed by atoms with van der Waals surface area (Å²) in [4.78, 5) is 65.7. The van der Waals surface area contributed by atoms with E-state index in [0.29, 0.717) is 13.0 Å². The van der Waals surface area contributed by atoms with Crippen LogP contribution in [0, 0.1) is 5.92 Å². The van der Waals surface area contributed by atoms with Crippen LogP contribution in [0.25, 0.3) is 10.9 Å². The average molecular weight is 544 g/mol. The van der Waals surface area contributed by atoms with Gasteiger partial charge in [0.05, 0.1) is 12.5 Å². The van der Waals surface area contributed by atoms with Crippen LogP contribution in [0.3, 0.4) is 0 Å². The highest BCUT2D eigenvalue weighted by atomic mass is 16.4. The van der Waals surface area contributed by atoms with Gasteiger partial charge in [-0.1, -0.05) is 38.5 Å². The minimum atomic E-state index is -1.54. The molecule has 1 saturated heterocycles. The Balaban J connectivity index is 1.82. The molecule has 212 valence electrons. The van der Waals surface area contributed by atoms with Crippen LogP contribution in [0.4, 0.5) is 0 Å². The molecule has 12 nitrogen and oxygen atoms in total. The van der Waals surface area contributed by atoms with Gasteiger partial charge in [0.15, 0.2) is 0 Å². The molecule has 0 unspecified atom stereocenters. The Labute approximate surface area is 226 Å². The monoisotopic (exact) mass is 543 g/mol. The average Bonchev–Trinajstić information content (AvgIpc) is 3.30. The van der Waals surface area contributed by atoms with Crippen molar-refractivity contribution >= 4 is 40.6 Å². The molecule has 0 saturated carbocycles. The summed E-state index contributed by atoms with van der Waals surface area (Å²) < 4.78 is 0. The highest BCUT2D eigenvalue weighted by molar-refractivity contribution is 5.96. The predicted molar refractivity (Wildman–Crippen MR) is 143 cm³/mol. The second kappa shape index (κ2) is 13.7. The summed E-state index contributed by atoms with van der Waals surface area (Å²) in [6.45, 7) is 4.26. The lowest BCUT2D eigenvalue weighted by Crippen LogP contribution is -2.58. The topological polar surface area (TPSA) is 190 Å². The molecule has 39 heavy (non-hydrogen) atoms. The number of carbonyl (C=O) groups excluding carboxylic acids is 3. The van der Waals surface area contributed by atoms with Crippen molar-refractivity contribution in [3.63, 3.8) is 0 Å². The molecule has 4 atom stereocenters. The normalized spacial score (nSPS) is 17.7. The SMILES string of the molecule is CC(C)C[C@H](NC(=O)[C@H](CC(=O)O)NC(=O)[C@H](Cc1c[nH]c2ccccc12)NC(=O)[C@@H]1CCCCN1)C(=O)O. The number of nitrogens with one attached hydrogen (secondary N) is 5. The number of carboxylic acid groups (broad SMARTS) is 2. The van der Waals surface area contributed by atoms with Gasteiger partial charge in [-0.3, -0.25) is 19.2 Å². The number of benzene rings is 1. The van der Waals surface area contributed by atoms with E-state index in [1.165, 1.54) is 0 Å². The molecule has 0 aliphatic carbocycles. The fraction of sp³-hybridized carbons (Fsp3) is 0.519. The standard InChI is InChI=1S/C27H37N5O7/c1-15(2)11-22(27(38)39)32-26(37)21(13-23(33)34)31-25(36)20(30-24(35)19-9-5-6-10-28-19)12-16-14-29-18-8-4-3-7-17(16)18/h3-4,7-8,14-15,19-22,28-29H,5-6,9-13H2,1-2H3,(H,30,35)(H,31,36)(H,32,37)(H,33,34)(H,38,39)/t19-,20-,21-,22-/m0/s1. The largest absolute Gasteiger partial charge is 0.481 e. The number of aliphatic carboxylic acids is 2. The minimum absolute atomic E-state index is 0.0527. The second-order valence-corrected chi connectivity index (χ2v) is 10.3. The van der Waals surface area contributed by atoms with E-state index in [1.807, 2.05) is 24.3 Å².